The van der Waals surface area contributed by atoms with Crippen LogP contribution in [0.1, 0.15) is 11.1 Å². The second kappa shape index (κ2) is 6.95. The van der Waals surface area contributed by atoms with Crippen LogP contribution in [0.3, 0.4) is 0 Å². The van der Waals surface area contributed by atoms with Crippen molar-refractivity contribution in [3.63, 3.8) is 0 Å². The summed E-state index contributed by atoms with van der Waals surface area (Å²) in [4.78, 5) is 16.2. The number of nitrogens with one attached hydrogen (secondary N) is 2. The highest BCUT2D eigenvalue weighted by Gasteiger charge is 2.09. The van der Waals surface area contributed by atoms with Crippen LogP contribution in [-0.4, -0.2) is 27.7 Å². The number of ether oxygens (including phenoxy) is 1. The van der Waals surface area contributed by atoms with Gasteiger partial charge in [-0.25, -0.2) is 0 Å². The molecule has 0 atom stereocenters. The molecule has 6 nitrogen and oxygen atoms in total. The number of rotatable bonds is 5. The lowest BCUT2D eigenvalue weighted by molar-refractivity contribution is -0.118. The van der Waals surface area contributed by atoms with E-state index in [0.29, 0.717) is 11.6 Å². The Labute approximate surface area is 139 Å². The first kappa shape index (κ1) is 15.7. The maximum absolute atomic E-state index is 11.9. The minimum absolute atomic E-state index is 0.0993. The third-order valence-corrected chi connectivity index (χ3v) is 3.42. The van der Waals surface area contributed by atoms with Crippen LogP contribution < -0.4 is 10.1 Å². The number of benzene rings is 2. The first-order chi connectivity index (χ1) is 11.6. The zero-order chi connectivity index (χ0) is 16.9. The van der Waals surface area contributed by atoms with Gasteiger partial charge in [0.2, 0.25) is 5.95 Å². The average molecular weight is 322 g/mol. The Morgan fingerprint density at radius 2 is 1.92 bits per heavy atom. The van der Waals surface area contributed by atoms with E-state index in [1.54, 1.807) is 0 Å². The Hall–Kier alpha value is -3.15. The van der Waals surface area contributed by atoms with E-state index in [9.17, 15) is 4.79 Å². The molecule has 0 aliphatic rings. The number of anilines is 1. The lowest BCUT2D eigenvalue weighted by atomic mass is 10.1. The molecule has 0 radical (unpaired) electrons. The summed E-state index contributed by atoms with van der Waals surface area (Å²) in [5.41, 5.74) is 3.15. The van der Waals surface area contributed by atoms with Crippen molar-refractivity contribution in [2.45, 2.75) is 13.8 Å². The Balaban J connectivity index is 1.58. The molecule has 1 amide bonds. The van der Waals surface area contributed by atoms with Gasteiger partial charge in [-0.05, 0) is 31.5 Å². The molecule has 2 aromatic carbocycles. The number of aromatic nitrogens is 3. The molecule has 122 valence electrons. The van der Waals surface area contributed by atoms with E-state index in [4.69, 9.17) is 4.74 Å². The van der Waals surface area contributed by atoms with Gasteiger partial charge in [0.05, 0.1) is 0 Å². The van der Waals surface area contributed by atoms with Crippen LogP contribution in [0.2, 0.25) is 0 Å². The fourth-order valence-corrected chi connectivity index (χ4v) is 2.17. The van der Waals surface area contributed by atoms with Gasteiger partial charge in [-0.15, -0.1) is 5.10 Å². The van der Waals surface area contributed by atoms with Gasteiger partial charge < -0.3 is 4.74 Å². The number of H-pyrrole nitrogens is 1. The molecular weight excluding hydrogens is 304 g/mol. The van der Waals surface area contributed by atoms with Crippen molar-refractivity contribution in [1.82, 2.24) is 15.2 Å². The van der Waals surface area contributed by atoms with Crippen LogP contribution >= 0.6 is 0 Å². The molecule has 1 aromatic heterocycles. The fraction of sp³-hybridized carbons (Fsp3) is 0.167. The SMILES string of the molecule is Cc1ccc(-c2nc(NC(=O)COc3cccc(C)c3)n[nH]2)cc1. The standard InChI is InChI=1S/C18H18N4O2/c1-12-6-8-14(9-7-12)17-20-18(22-21-17)19-16(23)11-24-15-5-3-4-13(2)10-15/h3-10H,11H2,1-2H3,(H2,19,20,21,22,23). The van der Waals surface area contributed by atoms with Gasteiger partial charge in [0.25, 0.3) is 5.91 Å². The molecule has 0 unspecified atom stereocenters. The zero-order valence-corrected chi connectivity index (χ0v) is 13.5. The number of carbonyl (C=O) groups excluding carboxylic acids is 1. The molecule has 0 saturated carbocycles. The summed E-state index contributed by atoms with van der Waals surface area (Å²) < 4.78 is 5.45. The molecule has 0 spiro atoms. The highest BCUT2D eigenvalue weighted by molar-refractivity contribution is 5.90. The van der Waals surface area contributed by atoms with E-state index in [1.807, 2.05) is 62.4 Å². The summed E-state index contributed by atoms with van der Waals surface area (Å²) in [6, 6.07) is 15.4. The predicted octanol–water partition coefficient (Wildman–Crippen LogP) is 3.11. The molecule has 0 aliphatic heterocycles. The van der Waals surface area contributed by atoms with Crippen molar-refractivity contribution >= 4 is 11.9 Å². The number of aryl methyl sites for hydroxylation is 2. The molecule has 0 fully saturated rings. The maximum Gasteiger partial charge on any atom is 0.264 e. The summed E-state index contributed by atoms with van der Waals surface area (Å²) in [6.45, 7) is 3.88. The van der Waals surface area contributed by atoms with Gasteiger partial charge in [0.1, 0.15) is 5.75 Å². The number of aromatic amines is 1. The number of carbonyl (C=O) groups is 1. The van der Waals surface area contributed by atoms with E-state index >= 15 is 0 Å². The number of amides is 1. The molecule has 3 rings (SSSR count). The number of hydrogen-bond donors (Lipinski definition) is 2. The smallest absolute Gasteiger partial charge is 0.264 e. The average Bonchev–Trinajstić information content (AvgIpc) is 3.02. The second-order valence-corrected chi connectivity index (χ2v) is 5.53. The van der Waals surface area contributed by atoms with Gasteiger partial charge in [0, 0.05) is 5.56 Å². The lowest BCUT2D eigenvalue weighted by Gasteiger charge is -2.05. The molecule has 0 bridgehead atoms. The largest absolute Gasteiger partial charge is 0.484 e. The summed E-state index contributed by atoms with van der Waals surface area (Å²) >= 11 is 0. The minimum atomic E-state index is -0.314. The monoisotopic (exact) mass is 322 g/mol. The van der Waals surface area contributed by atoms with Crippen molar-refractivity contribution in [1.29, 1.82) is 0 Å². The normalized spacial score (nSPS) is 10.4. The lowest BCUT2D eigenvalue weighted by Crippen LogP contribution is -2.20. The third-order valence-electron chi connectivity index (χ3n) is 3.42. The van der Waals surface area contributed by atoms with Gasteiger partial charge in [-0.3, -0.25) is 15.2 Å². The molecule has 24 heavy (non-hydrogen) atoms. The Kier molecular flexibility index (Phi) is 4.56. The van der Waals surface area contributed by atoms with Crippen LogP contribution in [0.15, 0.2) is 48.5 Å². The highest BCUT2D eigenvalue weighted by atomic mass is 16.5. The van der Waals surface area contributed by atoms with Crippen molar-refractivity contribution in [3.8, 4) is 17.1 Å². The predicted molar refractivity (Wildman–Crippen MR) is 91.9 cm³/mol. The minimum Gasteiger partial charge on any atom is -0.484 e. The van der Waals surface area contributed by atoms with E-state index in [2.05, 4.69) is 20.5 Å². The number of nitrogens with zero attached hydrogens (tertiary/aromatic N) is 2. The first-order valence-electron chi connectivity index (χ1n) is 7.59. The van der Waals surface area contributed by atoms with Crippen LogP contribution in [0.5, 0.6) is 5.75 Å². The zero-order valence-electron chi connectivity index (χ0n) is 13.5. The maximum atomic E-state index is 11.9. The van der Waals surface area contributed by atoms with E-state index in [-0.39, 0.29) is 18.5 Å². The topological polar surface area (TPSA) is 79.9 Å². The Bertz CT molecular complexity index is 840. The molecule has 2 N–H and O–H groups in total. The summed E-state index contributed by atoms with van der Waals surface area (Å²) in [5, 5.41) is 9.42. The molecule has 1 heterocycles. The Morgan fingerprint density at radius 1 is 1.12 bits per heavy atom. The summed E-state index contributed by atoms with van der Waals surface area (Å²) in [6.07, 6.45) is 0. The molecular formula is C18H18N4O2. The van der Waals surface area contributed by atoms with E-state index in [0.717, 1.165) is 11.1 Å². The van der Waals surface area contributed by atoms with Crippen LogP contribution in [0.25, 0.3) is 11.4 Å². The van der Waals surface area contributed by atoms with E-state index in [1.165, 1.54) is 5.56 Å². The molecule has 3 aromatic rings. The molecule has 0 saturated heterocycles. The van der Waals surface area contributed by atoms with Crippen LogP contribution in [0.4, 0.5) is 5.95 Å². The molecule has 6 heteroatoms. The second-order valence-electron chi connectivity index (χ2n) is 5.53. The quantitative estimate of drug-likeness (QED) is 0.756. The van der Waals surface area contributed by atoms with Gasteiger partial charge in [-0.1, -0.05) is 42.0 Å². The van der Waals surface area contributed by atoms with Crippen LogP contribution in [0, 0.1) is 13.8 Å². The van der Waals surface area contributed by atoms with Crippen molar-refractivity contribution < 1.29 is 9.53 Å². The van der Waals surface area contributed by atoms with Gasteiger partial charge in [0.15, 0.2) is 12.4 Å². The van der Waals surface area contributed by atoms with Gasteiger partial charge >= 0.3 is 0 Å². The summed E-state index contributed by atoms with van der Waals surface area (Å²) in [7, 11) is 0. The van der Waals surface area contributed by atoms with E-state index < -0.39 is 0 Å². The molecule has 0 aliphatic carbocycles. The Morgan fingerprint density at radius 3 is 2.67 bits per heavy atom. The number of hydrogen-bond acceptors (Lipinski definition) is 4. The summed E-state index contributed by atoms with van der Waals surface area (Å²) in [5.74, 6) is 1.17. The van der Waals surface area contributed by atoms with Crippen LogP contribution in [-0.2, 0) is 4.79 Å². The third kappa shape index (κ3) is 3.98. The first-order valence-corrected chi connectivity index (χ1v) is 7.59. The van der Waals surface area contributed by atoms with Crippen molar-refractivity contribution in [3.05, 3.63) is 59.7 Å². The van der Waals surface area contributed by atoms with Crippen molar-refractivity contribution in [2.24, 2.45) is 0 Å². The van der Waals surface area contributed by atoms with Gasteiger partial charge in [-0.2, -0.15) is 4.98 Å². The highest BCUT2D eigenvalue weighted by Crippen LogP contribution is 2.16. The van der Waals surface area contributed by atoms with Crippen molar-refractivity contribution in [2.75, 3.05) is 11.9 Å². The fourth-order valence-electron chi connectivity index (χ4n) is 2.17.